The van der Waals surface area contributed by atoms with Crippen LogP contribution >= 0.6 is 0 Å². The molecule has 0 bridgehead atoms. The lowest BCUT2D eigenvalue weighted by Gasteiger charge is -2.31. The van der Waals surface area contributed by atoms with Crippen molar-refractivity contribution in [2.45, 2.75) is 58.3 Å². The largest absolute Gasteiger partial charge is 0.356 e. The van der Waals surface area contributed by atoms with Gasteiger partial charge in [0.2, 0.25) is 11.8 Å². The third-order valence-electron chi connectivity index (χ3n) is 8.02. The number of piperidine rings is 1. The number of nitrogens with one attached hydrogen (secondary N) is 3. The van der Waals surface area contributed by atoms with Crippen LogP contribution in [0, 0.1) is 17.8 Å². The van der Waals surface area contributed by atoms with Gasteiger partial charge in [-0.2, -0.15) is 5.10 Å². The van der Waals surface area contributed by atoms with Crippen molar-refractivity contribution in [3.05, 3.63) is 46.5 Å². The van der Waals surface area contributed by atoms with Gasteiger partial charge in [0, 0.05) is 55.4 Å². The molecule has 0 radical (unpaired) electrons. The fraction of sp³-hybridized carbons (Fsp3) is 0.593. The molecule has 3 aliphatic heterocycles. The van der Waals surface area contributed by atoms with Crippen LogP contribution in [0.2, 0.25) is 0 Å². The summed E-state index contributed by atoms with van der Waals surface area (Å²) in [7, 11) is 1.88. The zero-order valence-electron chi connectivity index (χ0n) is 21.0. The van der Waals surface area contributed by atoms with Gasteiger partial charge >= 0.3 is 0 Å². The molecule has 1 saturated heterocycles. The number of carbonyl (C=O) groups excluding carboxylic acids is 2. The molecule has 5 rings (SSSR count). The van der Waals surface area contributed by atoms with Crippen LogP contribution in [0.15, 0.2) is 51.6 Å². The Balaban J connectivity index is 1.15. The lowest BCUT2D eigenvalue weighted by atomic mass is 9.81. The van der Waals surface area contributed by atoms with E-state index in [4.69, 9.17) is 0 Å². The first-order valence-electron chi connectivity index (χ1n) is 13.2. The molecule has 3 heterocycles. The molecule has 0 atom stereocenters. The van der Waals surface area contributed by atoms with E-state index in [1.54, 1.807) is 5.12 Å². The van der Waals surface area contributed by atoms with Gasteiger partial charge in [0.1, 0.15) is 0 Å². The average molecular weight is 479 g/mol. The van der Waals surface area contributed by atoms with E-state index in [9.17, 15) is 9.59 Å². The monoisotopic (exact) mass is 478 g/mol. The lowest BCUT2D eigenvalue weighted by Crippen LogP contribution is -2.37. The van der Waals surface area contributed by atoms with Crippen molar-refractivity contribution >= 4 is 18.0 Å². The number of rotatable bonds is 5. The zero-order valence-corrected chi connectivity index (χ0v) is 21.0. The number of hydrogen-bond donors (Lipinski definition) is 3. The van der Waals surface area contributed by atoms with Crippen LogP contribution in [0.25, 0.3) is 0 Å². The second-order valence-corrected chi connectivity index (χ2v) is 10.6. The van der Waals surface area contributed by atoms with Crippen molar-refractivity contribution < 1.29 is 9.59 Å². The smallest absolute Gasteiger partial charge is 0.233 e. The summed E-state index contributed by atoms with van der Waals surface area (Å²) in [6.45, 7) is 4.85. The Labute approximate surface area is 208 Å². The van der Waals surface area contributed by atoms with Crippen molar-refractivity contribution in [2.75, 3.05) is 26.7 Å². The van der Waals surface area contributed by atoms with E-state index < -0.39 is 0 Å². The molecule has 35 heavy (non-hydrogen) atoms. The number of carbonyl (C=O) groups is 2. The normalized spacial score (nSPS) is 26.7. The summed E-state index contributed by atoms with van der Waals surface area (Å²) in [6.07, 6.45) is 15.3. The Bertz CT molecular complexity index is 1010. The molecular formula is C27H38N6O2. The molecule has 3 N–H and O–H groups in total. The predicted octanol–water partition coefficient (Wildman–Crippen LogP) is 2.95. The summed E-state index contributed by atoms with van der Waals surface area (Å²) in [5, 5.41) is 12.6. The van der Waals surface area contributed by atoms with Gasteiger partial charge in [-0.05, 0) is 88.1 Å². The van der Waals surface area contributed by atoms with Crippen LogP contribution in [0.1, 0.15) is 58.3 Å². The second-order valence-electron chi connectivity index (χ2n) is 10.6. The second kappa shape index (κ2) is 10.4. The first-order chi connectivity index (χ1) is 17.0. The van der Waals surface area contributed by atoms with E-state index >= 15 is 0 Å². The first kappa shape index (κ1) is 23.9. The van der Waals surface area contributed by atoms with Gasteiger partial charge in [-0.25, -0.2) is 5.12 Å². The Morgan fingerprint density at radius 2 is 1.89 bits per heavy atom. The van der Waals surface area contributed by atoms with Gasteiger partial charge in [0.15, 0.2) is 0 Å². The fourth-order valence-electron chi connectivity index (χ4n) is 5.89. The summed E-state index contributed by atoms with van der Waals surface area (Å²) in [4.78, 5) is 28.0. The minimum atomic E-state index is 0.0235. The van der Waals surface area contributed by atoms with Crippen LogP contribution in [-0.2, 0) is 9.59 Å². The summed E-state index contributed by atoms with van der Waals surface area (Å²) >= 11 is 0. The summed E-state index contributed by atoms with van der Waals surface area (Å²) in [5.74, 6) is 1.38. The highest BCUT2D eigenvalue weighted by Crippen LogP contribution is 2.39. The van der Waals surface area contributed by atoms with Crippen molar-refractivity contribution in [3.8, 4) is 0 Å². The maximum absolute atomic E-state index is 13.7. The Morgan fingerprint density at radius 3 is 2.66 bits per heavy atom. The third kappa shape index (κ3) is 5.37. The molecule has 188 valence electrons. The van der Waals surface area contributed by atoms with Gasteiger partial charge in [0.05, 0.1) is 11.9 Å². The van der Waals surface area contributed by atoms with Crippen LogP contribution < -0.4 is 16.1 Å². The van der Waals surface area contributed by atoms with Crippen LogP contribution in [0.4, 0.5) is 0 Å². The maximum Gasteiger partial charge on any atom is 0.233 e. The molecule has 1 saturated carbocycles. The van der Waals surface area contributed by atoms with E-state index in [0.29, 0.717) is 24.7 Å². The minimum absolute atomic E-state index is 0.0235. The topological polar surface area (TPSA) is 89.1 Å². The standard InChI is InChI=1S/C27H38N6O2/c1-18-9-12-33(24-15-22-17-30-32(2)31-26(22)23(24)13-18)27(35)21-5-3-20(4-6-21)16-29-25(34)14-19-7-10-28-11-8-19/h9,12-13,17,19-21,28,31H,3-8,10-11,14-16H2,1-2H3,(H,29,34). The Hall–Kier alpha value is -2.87. The molecule has 0 aromatic rings. The number of hydrazone groups is 1. The highest BCUT2D eigenvalue weighted by atomic mass is 16.2. The third-order valence-corrected chi connectivity index (χ3v) is 8.02. The molecule has 2 amide bonds. The van der Waals surface area contributed by atoms with Gasteiger partial charge in [-0.1, -0.05) is 0 Å². The van der Waals surface area contributed by atoms with Gasteiger partial charge < -0.3 is 10.6 Å². The fourth-order valence-corrected chi connectivity index (χ4v) is 5.89. The minimum Gasteiger partial charge on any atom is -0.356 e. The van der Waals surface area contributed by atoms with Crippen molar-refractivity contribution in [1.29, 1.82) is 0 Å². The van der Waals surface area contributed by atoms with Crippen molar-refractivity contribution in [3.63, 3.8) is 0 Å². The molecule has 0 spiro atoms. The molecule has 2 fully saturated rings. The average Bonchev–Trinajstić information content (AvgIpc) is 3.11. The SMILES string of the molecule is CC1=CC2=C(CC3=C2NN(C)N=C3)N(C(=O)C2CCC(CNC(=O)CC3CCNCC3)CC2)C=C1. The molecule has 2 aliphatic carbocycles. The highest BCUT2D eigenvalue weighted by molar-refractivity contribution is 5.88. The van der Waals surface area contributed by atoms with E-state index in [-0.39, 0.29) is 17.7 Å². The molecule has 8 heteroatoms. The van der Waals surface area contributed by atoms with E-state index in [0.717, 1.165) is 86.3 Å². The number of hydrogen-bond acceptors (Lipinski definition) is 6. The number of amides is 2. The summed E-state index contributed by atoms with van der Waals surface area (Å²) in [5.41, 5.74) is 8.73. The molecule has 0 aromatic heterocycles. The van der Waals surface area contributed by atoms with Crippen molar-refractivity contribution in [1.82, 2.24) is 26.1 Å². The lowest BCUT2D eigenvalue weighted by molar-refractivity contribution is -0.132. The van der Waals surface area contributed by atoms with E-state index in [1.165, 1.54) is 0 Å². The van der Waals surface area contributed by atoms with Crippen LogP contribution in [0.5, 0.6) is 0 Å². The van der Waals surface area contributed by atoms with Crippen molar-refractivity contribution in [2.24, 2.45) is 22.9 Å². The number of fused-ring (bicyclic) bond motifs is 1. The van der Waals surface area contributed by atoms with E-state index in [1.807, 2.05) is 30.4 Å². The van der Waals surface area contributed by atoms with E-state index in [2.05, 4.69) is 34.2 Å². The zero-order chi connectivity index (χ0) is 24.4. The summed E-state index contributed by atoms with van der Waals surface area (Å²) in [6, 6.07) is 0. The molecular weight excluding hydrogens is 440 g/mol. The summed E-state index contributed by atoms with van der Waals surface area (Å²) < 4.78 is 0. The van der Waals surface area contributed by atoms with Gasteiger partial charge in [-0.3, -0.25) is 19.9 Å². The van der Waals surface area contributed by atoms with Crippen LogP contribution in [-0.4, -0.2) is 54.7 Å². The molecule has 8 nitrogen and oxygen atoms in total. The van der Waals surface area contributed by atoms with Gasteiger partial charge in [0.25, 0.3) is 0 Å². The number of allylic oxidation sites excluding steroid dienone is 4. The quantitative estimate of drug-likeness (QED) is 0.565. The van der Waals surface area contributed by atoms with Crippen LogP contribution in [0.3, 0.4) is 0 Å². The highest BCUT2D eigenvalue weighted by Gasteiger charge is 2.35. The molecule has 0 unspecified atom stereocenters. The van der Waals surface area contributed by atoms with Gasteiger partial charge in [-0.15, -0.1) is 0 Å². The molecule has 0 aromatic carbocycles. The predicted molar refractivity (Wildman–Crippen MR) is 136 cm³/mol. The molecule has 5 aliphatic rings. The Kier molecular flexibility index (Phi) is 7.09. The first-order valence-corrected chi connectivity index (χ1v) is 13.2. The number of hydrazine groups is 1. The Morgan fingerprint density at radius 1 is 1.11 bits per heavy atom. The number of nitrogens with zero attached hydrogens (tertiary/aromatic N) is 3. The maximum atomic E-state index is 13.7.